The lowest BCUT2D eigenvalue weighted by molar-refractivity contribution is 0.828. The minimum Gasteiger partial charge on any atom is -0.0836 e. The topological polar surface area (TPSA) is 0 Å². The Morgan fingerprint density at radius 2 is 1.88 bits per heavy atom. The molecule has 0 spiro atoms. The Hall–Kier alpha value is -1.82. The second kappa shape index (κ2) is 4.21. The predicted molar refractivity (Wildman–Crippen MR) is 72.9 cm³/mol. The zero-order chi connectivity index (χ0) is 11.7. The first-order chi connectivity index (χ1) is 8.34. The molecule has 1 atom stereocenters. The van der Waals surface area contributed by atoms with Crippen LogP contribution in [0.5, 0.6) is 0 Å². The second-order valence-electron chi connectivity index (χ2n) is 4.74. The van der Waals surface area contributed by atoms with Gasteiger partial charge in [-0.05, 0) is 30.1 Å². The molecule has 0 aliphatic heterocycles. The third kappa shape index (κ3) is 1.91. The normalized spacial score (nSPS) is 22.4. The van der Waals surface area contributed by atoms with Crippen molar-refractivity contribution in [1.29, 1.82) is 0 Å². The number of allylic oxidation sites excluding steroid dienone is 8. The molecule has 0 heteroatoms. The van der Waals surface area contributed by atoms with Crippen LogP contribution < -0.4 is 0 Å². The van der Waals surface area contributed by atoms with E-state index in [-0.39, 0.29) is 0 Å². The van der Waals surface area contributed by atoms with Crippen molar-refractivity contribution in [3.63, 3.8) is 0 Å². The largest absolute Gasteiger partial charge is 0.0836 e. The SMILES string of the molecule is CC1=CC2=CC=CCC(c3ccccc3)C2=C1. The smallest absolute Gasteiger partial charge is 0.0130 e. The average Bonchev–Trinajstić information content (AvgIpc) is 2.61. The molecular weight excluding hydrogens is 204 g/mol. The van der Waals surface area contributed by atoms with Crippen LogP contribution in [0.15, 0.2) is 77.4 Å². The lowest BCUT2D eigenvalue weighted by Gasteiger charge is -2.17. The number of fused-ring (bicyclic) bond motifs is 1. The summed E-state index contributed by atoms with van der Waals surface area (Å²) in [4.78, 5) is 0. The van der Waals surface area contributed by atoms with Crippen molar-refractivity contribution in [3.05, 3.63) is 83.0 Å². The van der Waals surface area contributed by atoms with Crippen LogP contribution in [0.4, 0.5) is 0 Å². The van der Waals surface area contributed by atoms with E-state index in [0.29, 0.717) is 5.92 Å². The van der Waals surface area contributed by atoms with Crippen LogP contribution in [0.2, 0.25) is 0 Å². The zero-order valence-electron chi connectivity index (χ0n) is 10.1. The van der Waals surface area contributed by atoms with E-state index in [4.69, 9.17) is 0 Å². The lowest BCUT2D eigenvalue weighted by atomic mass is 9.86. The Morgan fingerprint density at radius 3 is 2.71 bits per heavy atom. The fourth-order valence-electron chi connectivity index (χ4n) is 2.66. The molecule has 0 heterocycles. The van der Waals surface area contributed by atoms with E-state index in [1.54, 1.807) is 0 Å². The number of hydrogen-bond acceptors (Lipinski definition) is 0. The molecule has 0 N–H and O–H groups in total. The molecule has 3 rings (SSSR count). The molecule has 17 heavy (non-hydrogen) atoms. The molecule has 1 unspecified atom stereocenters. The Bertz CT molecular complexity index is 539. The highest BCUT2D eigenvalue weighted by Crippen LogP contribution is 2.39. The molecule has 0 fully saturated rings. The van der Waals surface area contributed by atoms with Crippen molar-refractivity contribution in [2.24, 2.45) is 0 Å². The summed E-state index contributed by atoms with van der Waals surface area (Å²) < 4.78 is 0. The van der Waals surface area contributed by atoms with Crippen molar-refractivity contribution in [1.82, 2.24) is 0 Å². The van der Waals surface area contributed by atoms with Gasteiger partial charge in [-0.25, -0.2) is 0 Å². The Morgan fingerprint density at radius 1 is 1.06 bits per heavy atom. The van der Waals surface area contributed by atoms with Crippen LogP contribution in [0.25, 0.3) is 0 Å². The fraction of sp³-hybridized carbons (Fsp3) is 0.176. The average molecular weight is 220 g/mol. The molecule has 1 aromatic carbocycles. The van der Waals surface area contributed by atoms with E-state index < -0.39 is 0 Å². The van der Waals surface area contributed by atoms with Gasteiger partial charge >= 0.3 is 0 Å². The molecule has 84 valence electrons. The summed E-state index contributed by atoms with van der Waals surface area (Å²) in [7, 11) is 0. The first kappa shape index (κ1) is 10.3. The minimum absolute atomic E-state index is 0.509. The fourth-order valence-corrected chi connectivity index (χ4v) is 2.66. The van der Waals surface area contributed by atoms with E-state index >= 15 is 0 Å². The van der Waals surface area contributed by atoms with Gasteiger partial charge in [0.2, 0.25) is 0 Å². The van der Waals surface area contributed by atoms with Gasteiger partial charge in [-0.1, -0.05) is 66.3 Å². The maximum atomic E-state index is 2.33. The second-order valence-corrected chi connectivity index (χ2v) is 4.74. The standard InChI is InChI=1S/C17H16/c1-13-11-15-9-5-6-10-16(17(15)12-13)14-7-3-2-4-8-14/h2-9,11-12,16H,10H2,1H3. The van der Waals surface area contributed by atoms with Crippen LogP contribution in [-0.4, -0.2) is 0 Å². The summed E-state index contributed by atoms with van der Waals surface area (Å²) in [6.45, 7) is 2.17. The van der Waals surface area contributed by atoms with Crippen LogP contribution >= 0.6 is 0 Å². The van der Waals surface area contributed by atoms with Gasteiger partial charge in [0, 0.05) is 5.92 Å². The Labute approximate surface area is 103 Å². The molecule has 0 saturated heterocycles. The minimum atomic E-state index is 0.509. The molecule has 0 bridgehead atoms. The highest BCUT2D eigenvalue weighted by Gasteiger charge is 2.21. The summed E-state index contributed by atoms with van der Waals surface area (Å²) in [6.07, 6.45) is 12.4. The van der Waals surface area contributed by atoms with E-state index in [2.05, 4.69) is 67.6 Å². The lowest BCUT2D eigenvalue weighted by Crippen LogP contribution is -2.01. The summed E-state index contributed by atoms with van der Waals surface area (Å²) in [5.74, 6) is 0.509. The van der Waals surface area contributed by atoms with Crippen LogP contribution in [0, 0.1) is 0 Å². The van der Waals surface area contributed by atoms with E-state index in [0.717, 1.165) is 6.42 Å². The van der Waals surface area contributed by atoms with Gasteiger partial charge in [0.15, 0.2) is 0 Å². The van der Waals surface area contributed by atoms with Gasteiger partial charge in [0.25, 0.3) is 0 Å². The zero-order valence-corrected chi connectivity index (χ0v) is 10.1. The summed E-state index contributed by atoms with van der Waals surface area (Å²) >= 11 is 0. The van der Waals surface area contributed by atoms with Gasteiger partial charge in [-0.15, -0.1) is 0 Å². The summed E-state index contributed by atoms with van der Waals surface area (Å²) in [5.41, 5.74) is 5.63. The quantitative estimate of drug-likeness (QED) is 0.651. The third-order valence-corrected chi connectivity index (χ3v) is 3.46. The highest BCUT2D eigenvalue weighted by molar-refractivity contribution is 5.58. The molecule has 0 nitrogen and oxygen atoms in total. The van der Waals surface area contributed by atoms with Gasteiger partial charge < -0.3 is 0 Å². The monoisotopic (exact) mass is 220 g/mol. The van der Waals surface area contributed by atoms with Crippen molar-refractivity contribution in [2.75, 3.05) is 0 Å². The summed E-state index contributed by atoms with van der Waals surface area (Å²) in [6, 6.07) is 10.8. The van der Waals surface area contributed by atoms with Gasteiger partial charge in [-0.3, -0.25) is 0 Å². The van der Waals surface area contributed by atoms with Crippen LogP contribution in [0.1, 0.15) is 24.8 Å². The predicted octanol–water partition coefficient (Wildman–Crippen LogP) is 4.54. The van der Waals surface area contributed by atoms with Crippen molar-refractivity contribution >= 4 is 0 Å². The molecule has 2 aliphatic rings. The number of benzene rings is 1. The highest BCUT2D eigenvalue weighted by atomic mass is 14.3. The van der Waals surface area contributed by atoms with E-state index in [9.17, 15) is 0 Å². The Kier molecular flexibility index (Phi) is 2.56. The number of hydrogen-bond donors (Lipinski definition) is 0. The van der Waals surface area contributed by atoms with Gasteiger partial charge in [0.1, 0.15) is 0 Å². The van der Waals surface area contributed by atoms with E-state index in [1.807, 2.05) is 0 Å². The first-order valence-corrected chi connectivity index (χ1v) is 6.16. The molecule has 0 radical (unpaired) electrons. The molecule has 2 aliphatic carbocycles. The first-order valence-electron chi connectivity index (χ1n) is 6.16. The molecular formula is C17H16. The molecule has 0 aromatic heterocycles. The van der Waals surface area contributed by atoms with Gasteiger partial charge in [-0.2, -0.15) is 0 Å². The third-order valence-electron chi connectivity index (χ3n) is 3.46. The van der Waals surface area contributed by atoms with Crippen molar-refractivity contribution in [3.8, 4) is 0 Å². The van der Waals surface area contributed by atoms with Crippen LogP contribution in [0.3, 0.4) is 0 Å². The maximum Gasteiger partial charge on any atom is 0.0130 e. The maximum absolute atomic E-state index is 2.33. The Balaban J connectivity index is 2.05. The summed E-state index contributed by atoms with van der Waals surface area (Å²) in [5, 5.41) is 0. The van der Waals surface area contributed by atoms with Crippen LogP contribution in [-0.2, 0) is 0 Å². The number of rotatable bonds is 1. The molecule has 1 aromatic rings. The van der Waals surface area contributed by atoms with E-state index in [1.165, 1.54) is 22.3 Å². The molecule has 0 saturated carbocycles. The van der Waals surface area contributed by atoms with Crippen molar-refractivity contribution in [2.45, 2.75) is 19.3 Å². The molecule has 0 amide bonds. The van der Waals surface area contributed by atoms with Crippen molar-refractivity contribution < 1.29 is 0 Å². The van der Waals surface area contributed by atoms with Gasteiger partial charge in [0.05, 0.1) is 0 Å².